The maximum atomic E-state index is 11.7. The predicted molar refractivity (Wildman–Crippen MR) is 87.9 cm³/mol. The molecule has 0 radical (unpaired) electrons. The van der Waals surface area contributed by atoms with Gasteiger partial charge in [-0.15, -0.1) is 11.8 Å². The summed E-state index contributed by atoms with van der Waals surface area (Å²) in [7, 11) is 0. The Labute approximate surface area is 133 Å². The van der Waals surface area contributed by atoms with Crippen molar-refractivity contribution in [3.63, 3.8) is 0 Å². The van der Waals surface area contributed by atoms with Crippen LogP contribution in [0.4, 0.5) is 5.69 Å². The Hall–Kier alpha value is -1.89. The van der Waals surface area contributed by atoms with Crippen molar-refractivity contribution in [1.29, 1.82) is 0 Å². The number of benzene rings is 1. The second-order valence-electron chi connectivity index (χ2n) is 5.19. The third kappa shape index (κ3) is 5.48. The molecule has 2 rings (SSSR count). The monoisotopic (exact) mass is 321 g/mol. The highest BCUT2D eigenvalue weighted by Gasteiger charge is 2.08. The van der Waals surface area contributed by atoms with E-state index in [1.807, 2.05) is 0 Å². The van der Waals surface area contributed by atoms with Gasteiger partial charge >= 0.3 is 0 Å². The zero-order chi connectivity index (χ0) is 15.8. The van der Waals surface area contributed by atoms with Crippen LogP contribution in [0.3, 0.4) is 0 Å². The van der Waals surface area contributed by atoms with Crippen molar-refractivity contribution in [2.45, 2.75) is 37.9 Å². The largest absolute Gasteiger partial charge is 0.272 e. The number of carbonyl (C=O) groups excluding carboxylic acids is 1. The number of nitro groups is 1. The predicted octanol–water partition coefficient (Wildman–Crippen LogP) is 3.26. The third-order valence-electron chi connectivity index (χ3n) is 3.42. The SMILES string of the molecule is O=C(CSCc1ccc([N+](=O)[O-])cc1)NN=C1CCCCC1. The molecule has 0 aliphatic heterocycles. The molecule has 22 heavy (non-hydrogen) atoms. The van der Waals surface area contributed by atoms with Gasteiger partial charge in [0.25, 0.3) is 5.69 Å². The molecule has 0 bridgehead atoms. The maximum Gasteiger partial charge on any atom is 0.269 e. The summed E-state index contributed by atoms with van der Waals surface area (Å²) in [6.07, 6.45) is 5.53. The maximum absolute atomic E-state index is 11.7. The van der Waals surface area contributed by atoms with Crippen molar-refractivity contribution in [2.75, 3.05) is 5.75 Å². The molecular formula is C15H19N3O3S. The van der Waals surface area contributed by atoms with Crippen LogP contribution in [0.2, 0.25) is 0 Å². The van der Waals surface area contributed by atoms with Gasteiger partial charge in [0.05, 0.1) is 10.7 Å². The van der Waals surface area contributed by atoms with Crippen LogP contribution in [-0.4, -0.2) is 22.3 Å². The fourth-order valence-electron chi connectivity index (χ4n) is 2.22. The van der Waals surface area contributed by atoms with E-state index in [2.05, 4.69) is 10.5 Å². The Bertz CT molecular complexity index is 550. The number of nitro benzene ring substituents is 1. The molecule has 1 aromatic rings. The molecular weight excluding hydrogens is 302 g/mol. The summed E-state index contributed by atoms with van der Waals surface area (Å²) in [6.45, 7) is 0. The summed E-state index contributed by atoms with van der Waals surface area (Å²) in [6, 6.07) is 6.38. The number of hydrazone groups is 1. The molecule has 1 N–H and O–H groups in total. The van der Waals surface area contributed by atoms with E-state index in [1.54, 1.807) is 12.1 Å². The van der Waals surface area contributed by atoms with Gasteiger partial charge in [0.1, 0.15) is 0 Å². The summed E-state index contributed by atoms with van der Waals surface area (Å²) in [4.78, 5) is 21.8. The quantitative estimate of drug-likeness (QED) is 0.644. The first-order chi connectivity index (χ1) is 10.6. The van der Waals surface area contributed by atoms with Crippen molar-refractivity contribution in [1.82, 2.24) is 5.43 Å². The zero-order valence-corrected chi connectivity index (χ0v) is 13.1. The first-order valence-corrected chi connectivity index (χ1v) is 8.46. The molecule has 0 heterocycles. The number of carbonyl (C=O) groups is 1. The highest BCUT2D eigenvalue weighted by Crippen LogP contribution is 2.17. The summed E-state index contributed by atoms with van der Waals surface area (Å²) >= 11 is 1.46. The minimum absolute atomic E-state index is 0.0785. The van der Waals surface area contributed by atoms with Crippen LogP contribution in [0.1, 0.15) is 37.7 Å². The van der Waals surface area contributed by atoms with Gasteiger partial charge in [0.2, 0.25) is 5.91 Å². The molecule has 0 atom stereocenters. The molecule has 1 aliphatic rings. The molecule has 6 nitrogen and oxygen atoms in total. The number of thioether (sulfide) groups is 1. The van der Waals surface area contributed by atoms with Crippen LogP contribution in [0.5, 0.6) is 0 Å². The van der Waals surface area contributed by atoms with Crippen molar-refractivity contribution in [3.8, 4) is 0 Å². The lowest BCUT2D eigenvalue weighted by Gasteiger charge is -2.11. The second-order valence-corrected chi connectivity index (χ2v) is 6.18. The first-order valence-electron chi connectivity index (χ1n) is 7.30. The molecule has 1 amide bonds. The van der Waals surface area contributed by atoms with Gasteiger partial charge < -0.3 is 0 Å². The standard InChI is InChI=1S/C15H19N3O3S/c19-15(17-16-13-4-2-1-3-5-13)11-22-10-12-6-8-14(9-7-12)18(20)21/h6-9H,1-5,10-11H2,(H,17,19). The molecule has 0 aromatic heterocycles. The van der Waals surface area contributed by atoms with Crippen molar-refractivity contribution in [2.24, 2.45) is 5.10 Å². The normalized spacial score (nSPS) is 14.5. The van der Waals surface area contributed by atoms with E-state index in [4.69, 9.17) is 0 Å². The van der Waals surface area contributed by atoms with E-state index in [-0.39, 0.29) is 11.6 Å². The van der Waals surface area contributed by atoms with Crippen LogP contribution < -0.4 is 5.43 Å². The van der Waals surface area contributed by atoms with Gasteiger partial charge in [-0.1, -0.05) is 18.6 Å². The Morgan fingerprint density at radius 2 is 1.91 bits per heavy atom. The van der Waals surface area contributed by atoms with Crippen LogP contribution in [0, 0.1) is 10.1 Å². The number of hydrogen-bond acceptors (Lipinski definition) is 5. The highest BCUT2D eigenvalue weighted by molar-refractivity contribution is 7.99. The lowest BCUT2D eigenvalue weighted by molar-refractivity contribution is -0.384. The van der Waals surface area contributed by atoms with Crippen LogP contribution in [-0.2, 0) is 10.5 Å². The summed E-state index contributed by atoms with van der Waals surface area (Å²) in [5, 5.41) is 14.7. The average Bonchev–Trinajstić information content (AvgIpc) is 2.54. The van der Waals surface area contributed by atoms with Crippen molar-refractivity contribution < 1.29 is 9.72 Å². The molecule has 1 fully saturated rings. The van der Waals surface area contributed by atoms with E-state index >= 15 is 0 Å². The number of amides is 1. The minimum Gasteiger partial charge on any atom is -0.272 e. The van der Waals surface area contributed by atoms with Gasteiger partial charge in [-0.25, -0.2) is 5.43 Å². The highest BCUT2D eigenvalue weighted by atomic mass is 32.2. The van der Waals surface area contributed by atoms with E-state index in [0.29, 0.717) is 11.5 Å². The molecule has 0 spiro atoms. The third-order valence-corrected chi connectivity index (χ3v) is 4.42. The van der Waals surface area contributed by atoms with E-state index < -0.39 is 4.92 Å². The van der Waals surface area contributed by atoms with Crippen molar-refractivity contribution >= 4 is 29.1 Å². The number of non-ortho nitro benzene ring substituents is 1. The van der Waals surface area contributed by atoms with Crippen LogP contribution in [0.25, 0.3) is 0 Å². The molecule has 7 heteroatoms. The van der Waals surface area contributed by atoms with Gasteiger partial charge in [-0.05, 0) is 31.2 Å². The second kappa shape index (κ2) is 8.53. The van der Waals surface area contributed by atoms with Crippen LogP contribution >= 0.6 is 11.8 Å². The lowest BCUT2D eigenvalue weighted by atomic mass is 9.99. The number of nitrogens with one attached hydrogen (secondary N) is 1. The topological polar surface area (TPSA) is 84.6 Å². The Balaban J connectivity index is 1.69. The lowest BCUT2D eigenvalue weighted by Crippen LogP contribution is -2.22. The molecule has 118 valence electrons. The Morgan fingerprint density at radius 1 is 1.23 bits per heavy atom. The van der Waals surface area contributed by atoms with Gasteiger partial charge in [0, 0.05) is 23.6 Å². The molecule has 1 saturated carbocycles. The molecule has 1 aromatic carbocycles. The van der Waals surface area contributed by atoms with E-state index in [9.17, 15) is 14.9 Å². The minimum atomic E-state index is -0.422. The van der Waals surface area contributed by atoms with Gasteiger partial charge in [-0.3, -0.25) is 14.9 Å². The van der Waals surface area contributed by atoms with E-state index in [0.717, 1.165) is 37.0 Å². The summed E-state index contributed by atoms with van der Waals surface area (Å²) in [5.41, 5.74) is 4.72. The molecule has 0 unspecified atom stereocenters. The van der Waals surface area contributed by atoms with Crippen LogP contribution in [0.15, 0.2) is 29.4 Å². The Morgan fingerprint density at radius 3 is 2.55 bits per heavy atom. The van der Waals surface area contributed by atoms with Crippen molar-refractivity contribution in [3.05, 3.63) is 39.9 Å². The van der Waals surface area contributed by atoms with Gasteiger partial charge in [0.15, 0.2) is 0 Å². The van der Waals surface area contributed by atoms with Gasteiger partial charge in [-0.2, -0.15) is 5.10 Å². The smallest absolute Gasteiger partial charge is 0.269 e. The first kappa shape index (κ1) is 16.5. The summed E-state index contributed by atoms with van der Waals surface area (Å²) in [5.74, 6) is 0.862. The fourth-order valence-corrected chi connectivity index (χ4v) is 3.00. The van der Waals surface area contributed by atoms with E-state index in [1.165, 1.54) is 30.3 Å². The number of rotatable bonds is 6. The average molecular weight is 321 g/mol. The Kier molecular flexibility index (Phi) is 6.39. The number of hydrogen-bond donors (Lipinski definition) is 1. The summed E-state index contributed by atoms with van der Waals surface area (Å²) < 4.78 is 0. The molecule has 0 saturated heterocycles. The fraction of sp³-hybridized carbons (Fsp3) is 0.467. The molecule has 1 aliphatic carbocycles. The number of nitrogens with zero attached hydrogens (tertiary/aromatic N) is 2. The zero-order valence-electron chi connectivity index (χ0n) is 12.3.